The van der Waals surface area contributed by atoms with Crippen LogP contribution in [0.25, 0.3) is 5.69 Å². The maximum atomic E-state index is 12.9. The van der Waals surface area contributed by atoms with E-state index in [4.69, 9.17) is 9.47 Å². The SMILES string of the molecule is CCc1c(C(=O)Nc2cc(OC)c(OC)cc2C)cnn1-c1ccccc1. The molecule has 1 N–H and O–H groups in total. The minimum absolute atomic E-state index is 0.204. The second kappa shape index (κ2) is 7.95. The molecule has 6 heteroatoms. The fraction of sp³-hybridized carbons (Fsp3) is 0.238. The molecule has 0 radical (unpaired) electrons. The average molecular weight is 365 g/mol. The standard InChI is InChI=1S/C21H23N3O3/c1-5-18-16(13-22-24(18)15-9-7-6-8-10-15)21(25)23-17-12-20(27-4)19(26-3)11-14(17)2/h6-13H,5H2,1-4H3,(H,23,25). The van der Waals surface area contributed by atoms with Crippen LogP contribution in [0.3, 0.4) is 0 Å². The second-order valence-electron chi connectivity index (χ2n) is 6.08. The van der Waals surface area contributed by atoms with Crippen LogP contribution >= 0.6 is 0 Å². The van der Waals surface area contributed by atoms with Crippen molar-refractivity contribution in [2.45, 2.75) is 20.3 Å². The van der Waals surface area contributed by atoms with Crippen LogP contribution < -0.4 is 14.8 Å². The summed E-state index contributed by atoms with van der Waals surface area (Å²) >= 11 is 0. The first-order valence-electron chi connectivity index (χ1n) is 8.75. The van der Waals surface area contributed by atoms with Gasteiger partial charge in [0.2, 0.25) is 0 Å². The van der Waals surface area contributed by atoms with Crippen LogP contribution in [0.4, 0.5) is 5.69 Å². The van der Waals surface area contributed by atoms with Crippen LogP contribution in [0.2, 0.25) is 0 Å². The van der Waals surface area contributed by atoms with Crippen molar-refractivity contribution in [1.29, 1.82) is 0 Å². The van der Waals surface area contributed by atoms with Gasteiger partial charge in [0.1, 0.15) is 0 Å². The molecule has 0 saturated heterocycles. The van der Waals surface area contributed by atoms with Gasteiger partial charge in [-0.05, 0) is 37.1 Å². The van der Waals surface area contributed by atoms with E-state index in [-0.39, 0.29) is 5.91 Å². The molecule has 0 spiro atoms. The third kappa shape index (κ3) is 3.65. The maximum Gasteiger partial charge on any atom is 0.259 e. The number of hydrogen-bond acceptors (Lipinski definition) is 4. The van der Waals surface area contributed by atoms with Crippen LogP contribution in [-0.4, -0.2) is 29.9 Å². The molecule has 0 aliphatic heterocycles. The first kappa shape index (κ1) is 18.5. The van der Waals surface area contributed by atoms with E-state index in [1.54, 1.807) is 31.2 Å². The molecule has 140 valence electrons. The Bertz CT molecular complexity index is 949. The summed E-state index contributed by atoms with van der Waals surface area (Å²) in [5.74, 6) is 0.984. The van der Waals surface area contributed by atoms with Crippen LogP contribution in [0.1, 0.15) is 28.5 Å². The number of carbonyl (C=O) groups excluding carboxylic acids is 1. The van der Waals surface area contributed by atoms with Crippen molar-refractivity contribution >= 4 is 11.6 Å². The predicted molar refractivity (Wildman–Crippen MR) is 105 cm³/mol. The van der Waals surface area contributed by atoms with Gasteiger partial charge in [0.15, 0.2) is 11.5 Å². The summed E-state index contributed by atoms with van der Waals surface area (Å²) in [4.78, 5) is 12.9. The lowest BCUT2D eigenvalue weighted by molar-refractivity contribution is 0.102. The molecule has 1 amide bonds. The molecule has 0 bridgehead atoms. The van der Waals surface area contributed by atoms with Crippen LogP contribution in [0.5, 0.6) is 11.5 Å². The number of nitrogens with zero attached hydrogens (tertiary/aromatic N) is 2. The van der Waals surface area contributed by atoms with E-state index in [0.29, 0.717) is 29.2 Å². The van der Waals surface area contributed by atoms with Crippen molar-refractivity contribution in [2.24, 2.45) is 0 Å². The van der Waals surface area contributed by atoms with E-state index in [2.05, 4.69) is 10.4 Å². The number of methoxy groups -OCH3 is 2. The van der Waals surface area contributed by atoms with E-state index in [1.807, 2.05) is 50.2 Å². The van der Waals surface area contributed by atoms with Gasteiger partial charge in [-0.25, -0.2) is 4.68 Å². The number of carbonyl (C=O) groups is 1. The molecule has 3 aromatic rings. The first-order valence-corrected chi connectivity index (χ1v) is 8.75. The number of anilines is 1. The number of ether oxygens (including phenoxy) is 2. The van der Waals surface area contributed by atoms with Gasteiger partial charge in [-0.1, -0.05) is 25.1 Å². The lowest BCUT2D eigenvalue weighted by Gasteiger charge is -2.14. The van der Waals surface area contributed by atoms with E-state index in [1.165, 1.54) is 0 Å². The normalized spacial score (nSPS) is 10.5. The van der Waals surface area contributed by atoms with E-state index in [9.17, 15) is 4.79 Å². The Morgan fingerprint density at radius 2 is 1.78 bits per heavy atom. The maximum absolute atomic E-state index is 12.9. The zero-order valence-electron chi connectivity index (χ0n) is 15.9. The topological polar surface area (TPSA) is 65.4 Å². The molecule has 2 aromatic carbocycles. The Morgan fingerprint density at radius 1 is 1.11 bits per heavy atom. The summed E-state index contributed by atoms with van der Waals surface area (Å²) in [5.41, 5.74) is 3.89. The number of rotatable bonds is 6. The summed E-state index contributed by atoms with van der Waals surface area (Å²) in [7, 11) is 3.15. The molecule has 1 heterocycles. The van der Waals surface area contributed by atoms with Crippen LogP contribution in [0.15, 0.2) is 48.7 Å². The largest absolute Gasteiger partial charge is 0.493 e. The molecule has 0 saturated carbocycles. The van der Waals surface area contributed by atoms with Gasteiger partial charge in [-0.3, -0.25) is 4.79 Å². The number of nitrogens with one attached hydrogen (secondary N) is 1. The Labute approximate surface area is 158 Å². The summed E-state index contributed by atoms with van der Waals surface area (Å²) < 4.78 is 12.4. The lowest BCUT2D eigenvalue weighted by atomic mass is 10.1. The highest BCUT2D eigenvalue weighted by Gasteiger charge is 2.19. The molecule has 27 heavy (non-hydrogen) atoms. The Kier molecular flexibility index (Phi) is 5.45. The molecule has 0 aliphatic rings. The highest BCUT2D eigenvalue weighted by Crippen LogP contribution is 2.33. The molecule has 0 aliphatic carbocycles. The van der Waals surface area contributed by atoms with Crippen LogP contribution in [0, 0.1) is 6.92 Å². The number of hydrogen-bond donors (Lipinski definition) is 1. The zero-order valence-corrected chi connectivity index (χ0v) is 15.9. The minimum atomic E-state index is -0.204. The zero-order chi connectivity index (χ0) is 19.4. The van der Waals surface area contributed by atoms with Gasteiger partial charge < -0.3 is 14.8 Å². The Balaban J connectivity index is 1.93. The molecular formula is C21H23N3O3. The van der Waals surface area contributed by atoms with Crippen molar-refractivity contribution in [3.05, 3.63) is 65.5 Å². The van der Waals surface area contributed by atoms with E-state index in [0.717, 1.165) is 16.9 Å². The Morgan fingerprint density at radius 3 is 2.41 bits per heavy atom. The van der Waals surface area contributed by atoms with Crippen LogP contribution in [-0.2, 0) is 6.42 Å². The molecule has 0 unspecified atom stereocenters. The van der Waals surface area contributed by atoms with Gasteiger partial charge in [0.05, 0.1) is 37.4 Å². The second-order valence-corrected chi connectivity index (χ2v) is 6.08. The number of amides is 1. The van der Waals surface area contributed by atoms with Crippen molar-refractivity contribution < 1.29 is 14.3 Å². The molecule has 6 nitrogen and oxygen atoms in total. The third-order valence-corrected chi connectivity index (χ3v) is 4.43. The van der Waals surface area contributed by atoms with E-state index >= 15 is 0 Å². The van der Waals surface area contributed by atoms with E-state index < -0.39 is 0 Å². The predicted octanol–water partition coefficient (Wildman–Crippen LogP) is 4.01. The number of aromatic nitrogens is 2. The lowest BCUT2D eigenvalue weighted by Crippen LogP contribution is -2.15. The molecular weight excluding hydrogens is 342 g/mol. The smallest absolute Gasteiger partial charge is 0.259 e. The fourth-order valence-corrected chi connectivity index (χ4v) is 3.00. The monoisotopic (exact) mass is 365 g/mol. The van der Waals surface area contributed by atoms with Gasteiger partial charge in [-0.15, -0.1) is 0 Å². The highest BCUT2D eigenvalue weighted by atomic mass is 16.5. The molecule has 3 rings (SSSR count). The quantitative estimate of drug-likeness (QED) is 0.717. The minimum Gasteiger partial charge on any atom is -0.493 e. The van der Waals surface area contributed by atoms with Crippen molar-refractivity contribution in [3.63, 3.8) is 0 Å². The average Bonchev–Trinajstić information content (AvgIpc) is 3.14. The van der Waals surface area contributed by atoms with Crippen molar-refractivity contribution in [1.82, 2.24) is 9.78 Å². The number of aryl methyl sites for hydroxylation is 1. The summed E-state index contributed by atoms with van der Waals surface area (Å²) in [5, 5.41) is 7.38. The fourth-order valence-electron chi connectivity index (χ4n) is 3.00. The van der Waals surface area contributed by atoms with Crippen molar-refractivity contribution in [3.8, 4) is 17.2 Å². The highest BCUT2D eigenvalue weighted by molar-refractivity contribution is 6.05. The van der Waals surface area contributed by atoms with Crippen molar-refractivity contribution in [2.75, 3.05) is 19.5 Å². The molecule has 0 fully saturated rings. The van der Waals surface area contributed by atoms with Gasteiger partial charge in [-0.2, -0.15) is 5.10 Å². The number of para-hydroxylation sites is 1. The summed E-state index contributed by atoms with van der Waals surface area (Å²) in [6, 6.07) is 13.4. The Hall–Kier alpha value is -3.28. The van der Waals surface area contributed by atoms with Gasteiger partial charge in [0.25, 0.3) is 5.91 Å². The summed E-state index contributed by atoms with van der Waals surface area (Å²) in [6.07, 6.45) is 2.29. The van der Waals surface area contributed by atoms with Gasteiger partial charge in [0, 0.05) is 11.8 Å². The van der Waals surface area contributed by atoms with Gasteiger partial charge >= 0.3 is 0 Å². The molecule has 0 atom stereocenters. The number of benzene rings is 2. The summed E-state index contributed by atoms with van der Waals surface area (Å²) in [6.45, 7) is 3.92. The molecule has 1 aromatic heterocycles. The third-order valence-electron chi connectivity index (χ3n) is 4.43. The first-order chi connectivity index (χ1) is 13.1.